The molecule has 1 aromatic heterocycles. The zero-order valence-electron chi connectivity index (χ0n) is 15.5. The van der Waals surface area contributed by atoms with Crippen molar-refractivity contribution in [3.05, 3.63) is 53.3 Å². The van der Waals surface area contributed by atoms with Gasteiger partial charge >= 0.3 is 5.97 Å². The van der Waals surface area contributed by atoms with Gasteiger partial charge in [0.2, 0.25) is 4.80 Å². The normalized spacial score (nSPS) is 12.3. The van der Waals surface area contributed by atoms with Crippen LogP contribution in [0.2, 0.25) is 0 Å². The molecule has 0 aliphatic carbocycles. The third-order valence-corrected chi connectivity index (χ3v) is 6.23. The van der Waals surface area contributed by atoms with Crippen LogP contribution in [0.15, 0.2) is 57.8 Å². The van der Waals surface area contributed by atoms with Gasteiger partial charge in [0.05, 0.1) is 28.3 Å². The largest absolute Gasteiger partial charge is 0.494 e. The molecule has 2 aromatic carbocycles. The molecule has 9 heteroatoms. The number of carbonyl (C=O) groups excluding carboxylic acids is 1. The standard InChI is InChI=1S/C19H20N2O5S2/c1-3-25-14-10-11-16-17(12-14)27-19(21(16)13-18(22)26-4-2)20-28(23,24)15-8-6-5-7-9-15/h5-12H,3-4,13H2,1-2H3/b20-19-. The molecule has 0 aliphatic heterocycles. The number of rotatable bonds is 7. The number of nitrogens with zero attached hydrogens (tertiary/aromatic N) is 2. The number of carbonyl (C=O) groups is 1. The van der Waals surface area contributed by atoms with Crippen molar-refractivity contribution in [1.29, 1.82) is 0 Å². The van der Waals surface area contributed by atoms with Gasteiger partial charge in [0, 0.05) is 0 Å². The first-order chi connectivity index (χ1) is 13.4. The van der Waals surface area contributed by atoms with Crippen LogP contribution in [0.25, 0.3) is 10.2 Å². The van der Waals surface area contributed by atoms with Crippen molar-refractivity contribution in [3.63, 3.8) is 0 Å². The van der Waals surface area contributed by atoms with E-state index in [1.54, 1.807) is 47.9 Å². The highest BCUT2D eigenvalue weighted by molar-refractivity contribution is 7.90. The number of hydrogen-bond acceptors (Lipinski definition) is 6. The zero-order chi connectivity index (χ0) is 20.1. The Bertz CT molecular complexity index is 1150. The van der Waals surface area contributed by atoms with Gasteiger partial charge in [-0.1, -0.05) is 29.5 Å². The second-order valence-electron chi connectivity index (χ2n) is 5.72. The van der Waals surface area contributed by atoms with Crippen LogP contribution < -0.4 is 9.54 Å². The van der Waals surface area contributed by atoms with Gasteiger partial charge in [-0.15, -0.1) is 4.40 Å². The van der Waals surface area contributed by atoms with Crippen molar-refractivity contribution in [3.8, 4) is 5.75 Å². The van der Waals surface area contributed by atoms with Gasteiger partial charge in [0.25, 0.3) is 10.0 Å². The quantitative estimate of drug-likeness (QED) is 0.549. The third-order valence-electron chi connectivity index (χ3n) is 3.80. The summed E-state index contributed by atoms with van der Waals surface area (Å²) in [4.78, 5) is 12.3. The number of hydrogen-bond donors (Lipinski definition) is 0. The molecule has 0 radical (unpaired) electrons. The molecular formula is C19H20N2O5S2. The second kappa shape index (κ2) is 8.57. The van der Waals surface area contributed by atoms with Crippen LogP contribution in [0.4, 0.5) is 0 Å². The lowest BCUT2D eigenvalue weighted by Gasteiger charge is -2.06. The number of sulfonamides is 1. The van der Waals surface area contributed by atoms with Crippen molar-refractivity contribution in [2.75, 3.05) is 13.2 Å². The van der Waals surface area contributed by atoms with Gasteiger partial charge in [-0.2, -0.15) is 8.42 Å². The SMILES string of the molecule is CCOC(=O)Cn1/c(=N/S(=O)(=O)c2ccccc2)sc2cc(OCC)ccc21. The van der Waals surface area contributed by atoms with E-state index in [4.69, 9.17) is 9.47 Å². The summed E-state index contributed by atoms with van der Waals surface area (Å²) in [5.41, 5.74) is 0.684. The maximum Gasteiger partial charge on any atom is 0.326 e. The summed E-state index contributed by atoms with van der Waals surface area (Å²) < 4.78 is 42.2. The van der Waals surface area contributed by atoms with Crippen LogP contribution in [0.3, 0.4) is 0 Å². The van der Waals surface area contributed by atoms with Gasteiger partial charge in [0.1, 0.15) is 12.3 Å². The summed E-state index contributed by atoms with van der Waals surface area (Å²) in [5, 5.41) is 0. The van der Waals surface area contributed by atoms with E-state index in [2.05, 4.69) is 4.40 Å². The minimum absolute atomic E-state index is 0.0881. The molecule has 0 aliphatic rings. The van der Waals surface area contributed by atoms with Crippen LogP contribution in [0.5, 0.6) is 5.75 Å². The van der Waals surface area contributed by atoms with Crippen molar-refractivity contribution in [2.45, 2.75) is 25.3 Å². The van der Waals surface area contributed by atoms with Crippen molar-refractivity contribution >= 4 is 37.5 Å². The Hall–Kier alpha value is -2.65. The van der Waals surface area contributed by atoms with Gasteiger partial charge in [-0.25, -0.2) is 0 Å². The van der Waals surface area contributed by atoms with Gasteiger partial charge in [-0.3, -0.25) is 4.79 Å². The lowest BCUT2D eigenvalue weighted by Crippen LogP contribution is -2.23. The summed E-state index contributed by atoms with van der Waals surface area (Å²) in [6, 6.07) is 13.3. The van der Waals surface area contributed by atoms with E-state index in [1.807, 2.05) is 6.92 Å². The third kappa shape index (κ3) is 4.42. The van der Waals surface area contributed by atoms with E-state index in [0.717, 1.165) is 4.70 Å². The van der Waals surface area contributed by atoms with Gasteiger partial charge < -0.3 is 14.0 Å². The number of esters is 1. The van der Waals surface area contributed by atoms with E-state index in [-0.39, 0.29) is 22.8 Å². The number of fused-ring (bicyclic) bond motifs is 1. The van der Waals surface area contributed by atoms with Crippen LogP contribution in [-0.2, 0) is 26.1 Å². The fourth-order valence-electron chi connectivity index (χ4n) is 2.62. The summed E-state index contributed by atoms with van der Waals surface area (Å²) in [5.74, 6) is 0.201. The van der Waals surface area contributed by atoms with Crippen molar-refractivity contribution in [2.24, 2.45) is 4.40 Å². The first kappa shape index (κ1) is 20.1. The fourth-order valence-corrected chi connectivity index (χ4v) is 4.90. The molecule has 0 saturated carbocycles. The maximum atomic E-state index is 12.7. The maximum absolute atomic E-state index is 12.7. The molecule has 28 heavy (non-hydrogen) atoms. The second-order valence-corrected chi connectivity index (χ2v) is 8.33. The minimum Gasteiger partial charge on any atom is -0.494 e. The first-order valence-electron chi connectivity index (χ1n) is 8.72. The fraction of sp³-hybridized carbons (Fsp3) is 0.263. The van der Waals surface area contributed by atoms with E-state index >= 15 is 0 Å². The average molecular weight is 421 g/mol. The van der Waals surface area contributed by atoms with E-state index in [1.165, 1.54) is 23.5 Å². The highest BCUT2D eigenvalue weighted by Crippen LogP contribution is 2.24. The molecule has 7 nitrogen and oxygen atoms in total. The van der Waals surface area contributed by atoms with Crippen LogP contribution >= 0.6 is 11.3 Å². The van der Waals surface area contributed by atoms with Crippen molar-refractivity contribution < 1.29 is 22.7 Å². The van der Waals surface area contributed by atoms with E-state index in [0.29, 0.717) is 17.9 Å². The Balaban J connectivity index is 2.17. The molecule has 0 N–H and O–H groups in total. The number of thiazole rings is 1. The number of benzene rings is 2. The van der Waals surface area contributed by atoms with Gasteiger partial charge in [0.15, 0.2) is 0 Å². The smallest absolute Gasteiger partial charge is 0.326 e. The van der Waals surface area contributed by atoms with E-state index < -0.39 is 16.0 Å². The predicted octanol–water partition coefficient (Wildman–Crippen LogP) is 2.95. The highest BCUT2D eigenvalue weighted by Gasteiger charge is 2.16. The molecule has 0 atom stereocenters. The number of aromatic nitrogens is 1. The van der Waals surface area contributed by atoms with Crippen molar-refractivity contribution in [1.82, 2.24) is 4.57 Å². The predicted molar refractivity (Wildman–Crippen MR) is 107 cm³/mol. The first-order valence-corrected chi connectivity index (χ1v) is 11.0. The summed E-state index contributed by atoms with van der Waals surface area (Å²) in [7, 11) is -3.92. The molecule has 0 saturated heterocycles. The Morgan fingerprint density at radius 2 is 1.86 bits per heavy atom. The summed E-state index contributed by atoms with van der Waals surface area (Å²) in [6.45, 7) is 4.22. The molecule has 0 spiro atoms. The lowest BCUT2D eigenvalue weighted by atomic mass is 10.3. The Kier molecular flexibility index (Phi) is 6.15. The molecular weight excluding hydrogens is 400 g/mol. The number of ether oxygens (including phenoxy) is 2. The molecule has 3 rings (SSSR count). The molecule has 1 heterocycles. The molecule has 3 aromatic rings. The monoisotopic (exact) mass is 420 g/mol. The Morgan fingerprint density at radius 3 is 2.54 bits per heavy atom. The highest BCUT2D eigenvalue weighted by atomic mass is 32.2. The van der Waals surface area contributed by atoms with Gasteiger partial charge in [-0.05, 0) is 44.2 Å². The Labute approximate surface area is 166 Å². The molecule has 0 unspecified atom stereocenters. The lowest BCUT2D eigenvalue weighted by molar-refractivity contribution is -0.143. The molecule has 0 fully saturated rings. The zero-order valence-corrected chi connectivity index (χ0v) is 17.1. The van der Waals surface area contributed by atoms with Crippen LogP contribution in [-0.4, -0.2) is 32.2 Å². The summed E-state index contributed by atoms with van der Waals surface area (Å²) >= 11 is 1.17. The summed E-state index contributed by atoms with van der Waals surface area (Å²) in [6.07, 6.45) is 0. The average Bonchev–Trinajstić information content (AvgIpc) is 2.98. The minimum atomic E-state index is -3.92. The van der Waals surface area contributed by atoms with Crippen LogP contribution in [0, 0.1) is 0 Å². The molecule has 0 bridgehead atoms. The molecule has 0 amide bonds. The topological polar surface area (TPSA) is 87.0 Å². The van der Waals surface area contributed by atoms with E-state index in [9.17, 15) is 13.2 Å². The van der Waals surface area contributed by atoms with Crippen LogP contribution in [0.1, 0.15) is 13.8 Å². The molecule has 148 valence electrons. The Morgan fingerprint density at radius 1 is 1.11 bits per heavy atom.